The van der Waals surface area contributed by atoms with Crippen LogP contribution in [0.2, 0.25) is 0 Å². The van der Waals surface area contributed by atoms with Crippen molar-refractivity contribution >= 4 is 45.0 Å². The molecule has 0 fully saturated rings. The number of hydrogen-bond acceptors (Lipinski definition) is 2. The second-order valence-corrected chi connectivity index (χ2v) is 6.79. The predicted molar refractivity (Wildman–Crippen MR) is 117 cm³/mol. The fourth-order valence-corrected chi connectivity index (χ4v) is 3.91. The molecule has 0 saturated heterocycles. The van der Waals surface area contributed by atoms with Gasteiger partial charge in [0.25, 0.3) is 0 Å². The van der Waals surface area contributed by atoms with Crippen LogP contribution in [0.15, 0.2) is 72.8 Å². The molecule has 4 heteroatoms. The maximum Gasteiger partial charge on any atom is 0.197 e. The third-order valence-corrected chi connectivity index (χ3v) is 5.15. The normalized spacial score (nSPS) is 12.1. The molecular formula is C24H19N3O. The number of rotatable bonds is 3. The van der Waals surface area contributed by atoms with Crippen molar-refractivity contribution in [3.05, 3.63) is 83.9 Å². The van der Waals surface area contributed by atoms with Crippen LogP contribution in [0.3, 0.4) is 0 Å². The second kappa shape index (κ2) is 6.43. The molecule has 4 nitrogen and oxygen atoms in total. The van der Waals surface area contributed by atoms with Gasteiger partial charge in [-0.05, 0) is 34.5 Å². The maximum absolute atomic E-state index is 8.47. The van der Waals surface area contributed by atoms with Crippen LogP contribution in [-0.2, 0) is 0 Å². The number of anilines is 1. The van der Waals surface area contributed by atoms with Crippen LogP contribution in [0, 0.1) is 5.41 Å². The summed E-state index contributed by atoms with van der Waals surface area (Å²) in [4.78, 5) is 0. The highest BCUT2D eigenvalue weighted by atomic mass is 16.5. The molecule has 4 aromatic rings. The summed E-state index contributed by atoms with van der Waals surface area (Å²) >= 11 is 0. The monoisotopic (exact) mass is 365 g/mol. The SMILES string of the molecule is COc1ccc(NC(=N)NC2=Cc3cccc4cccc2c34)c2ccccc12. The molecule has 0 saturated carbocycles. The number of methoxy groups -OCH3 is 1. The first-order valence-corrected chi connectivity index (χ1v) is 9.17. The van der Waals surface area contributed by atoms with Crippen molar-refractivity contribution in [3.8, 4) is 5.75 Å². The lowest BCUT2D eigenvalue weighted by Gasteiger charge is -2.15. The number of nitrogens with one attached hydrogen (secondary N) is 3. The molecule has 0 aliphatic heterocycles. The second-order valence-electron chi connectivity index (χ2n) is 6.79. The van der Waals surface area contributed by atoms with E-state index in [2.05, 4.69) is 53.1 Å². The third kappa shape index (κ3) is 2.58. The standard InChI is InChI=1S/C24H19N3O/c1-28-22-13-12-20(17-9-2-3-10-18(17)22)26-24(25)27-21-14-16-8-4-6-15-7-5-11-19(21)23(15)16/h2-14H,1H3,(H3,25,26,27). The Balaban J connectivity index is 1.44. The topological polar surface area (TPSA) is 57.1 Å². The van der Waals surface area contributed by atoms with Gasteiger partial charge in [-0.1, -0.05) is 60.7 Å². The fraction of sp³-hybridized carbons (Fsp3) is 0.0417. The molecule has 28 heavy (non-hydrogen) atoms. The molecule has 0 radical (unpaired) electrons. The molecule has 136 valence electrons. The number of fused-ring (bicyclic) bond motifs is 1. The molecule has 0 bridgehead atoms. The Morgan fingerprint density at radius 2 is 1.61 bits per heavy atom. The zero-order valence-electron chi connectivity index (χ0n) is 15.4. The average molecular weight is 365 g/mol. The molecular weight excluding hydrogens is 346 g/mol. The van der Waals surface area contributed by atoms with Crippen LogP contribution < -0.4 is 15.4 Å². The minimum Gasteiger partial charge on any atom is -0.496 e. The molecule has 0 amide bonds. The van der Waals surface area contributed by atoms with E-state index in [-0.39, 0.29) is 5.96 Å². The number of ether oxygens (including phenoxy) is 1. The summed E-state index contributed by atoms with van der Waals surface area (Å²) in [6.45, 7) is 0. The van der Waals surface area contributed by atoms with E-state index in [1.54, 1.807) is 7.11 Å². The summed E-state index contributed by atoms with van der Waals surface area (Å²) < 4.78 is 5.46. The van der Waals surface area contributed by atoms with Crippen molar-refractivity contribution in [1.29, 1.82) is 5.41 Å². The van der Waals surface area contributed by atoms with E-state index in [1.807, 2.05) is 36.4 Å². The Bertz CT molecular complexity index is 1270. The first-order valence-electron chi connectivity index (χ1n) is 9.17. The molecule has 0 atom stereocenters. The van der Waals surface area contributed by atoms with Crippen molar-refractivity contribution < 1.29 is 4.74 Å². The molecule has 4 aromatic carbocycles. The lowest BCUT2D eigenvalue weighted by Crippen LogP contribution is -2.27. The fourth-order valence-electron chi connectivity index (χ4n) is 3.91. The highest BCUT2D eigenvalue weighted by Gasteiger charge is 2.17. The van der Waals surface area contributed by atoms with Gasteiger partial charge in [0.1, 0.15) is 5.75 Å². The third-order valence-electron chi connectivity index (χ3n) is 5.15. The maximum atomic E-state index is 8.47. The molecule has 0 aromatic heterocycles. The van der Waals surface area contributed by atoms with Gasteiger partial charge in [0, 0.05) is 27.7 Å². The minimum absolute atomic E-state index is 0.228. The zero-order chi connectivity index (χ0) is 19.1. The van der Waals surface area contributed by atoms with E-state index < -0.39 is 0 Å². The van der Waals surface area contributed by atoms with E-state index in [1.165, 1.54) is 16.3 Å². The number of guanidine groups is 1. The zero-order valence-corrected chi connectivity index (χ0v) is 15.4. The van der Waals surface area contributed by atoms with Gasteiger partial charge in [0.05, 0.1) is 7.11 Å². The van der Waals surface area contributed by atoms with E-state index in [4.69, 9.17) is 10.1 Å². The van der Waals surface area contributed by atoms with Gasteiger partial charge in [-0.25, -0.2) is 0 Å². The number of hydrogen-bond donors (Lipinski definition) is 3. The first-order chi connectivity index (χ1) is 13.7. The molecule has 3 N–H and O–H groups in total. The van der Waals surface area contributed by atoms with E-state index in [0.717, 1.165) is 33.5 Å². The van der Waals surface area contributed by atoms with Crippen LogP contribution in [0.4, 0.5) is 5.69 Å². The van der Waals surface area contributed by atoms with Crippen molar-refractivity contribution in [1.82, 2.24) is 5.32 Å². The first kappa shape index (κ1) is 16.4. The summed E-state index contributed by atoms with van der Waals surface area (Å²) in [5.74, 6) is 1.05. The minimum atomic E-state index is 0.228. The molecule has 0 heterocycles. The van der Waals surface area contributed by atoms with Gasteiger partial charge in [-0.15, -0.1) is 0 Å². The Hall–Kier alpha value is -3.79. The highest BCUT2D eigenvalue weighted by molar-refractivity contribution is 6.13. The number of benzene rings is 4. The van der Waals surface area contributed by atoms with Crippen molar-refractivity contribution in [2.45, 2.75) is 0 Å². The quantitative estimate of drug-likeness (QED) is 0.334. The summed E-state index contributed by atoms with van der Waals surface area (Å²) in [5, 5.41) is 19.4. The smallest absolute Gasteiger partial charge is 0.197 e. The van der Waals surface area contributed by atoms with Gasteiger partial charge in [-0.3, -0.25) is 5.41 Å². The molecule has 1 aliphatic rings. The van der Waals surface area contributed by atoms with Crippen molar-refractivity contribution in [2.24, 2.45) is 0 Å². The largest absolute Gasteiger partial charge is 0.496 e. The Labute approximate surface area is 163 Å². The summed E-state index contributed by atoms with van der Waals surface area (Å²) in [5.41, 5.74) is 4.10. The predicted octanol–water partition coefficient (Wildman–Crippen LogP) is 5.45. The van der Waals surface area contributed by atoms with Crippen LogP contribution in [0.25, 0.3) is 33.3 Å². The Morgan fingerprint density at radius 3 is 2.43 bits per heavy atom. The molecule has 1 aliphatic carbocycles. The molecule has 5 rings (SSSR count). The highest BCUT2D eigenvalue weighted by Crippen LogP contribution is 2.35. The molecule has 0 spiro atoms. The molecule has 0 unspecified atom stereocenters. The van der Waals surface area contributed by atoms with Crippen LogP contribution in [0.1, 0.15) is 11.1 Å². The summed E-state index contributed by atoms with van der Waals surface area (Å²) in [6, 6.07) is 24.4. The summed E-state index contributed by atoms with van der Waals surface area (Å²) in [7, 11) is 1.67. The van der Waals surface area contributed by atoms with Crippen LogP contribution in [-0.4, -0.2) is 13.1 Å². The van der Waals surface area contributed by atoms with Crippen molar-refractivity contribution in [3.63, 3.8) is 0 Å². The van der Waals surface area contributed by atoms with Crippen LogP contribution >= 0.6 is 0 Å². The van der Waals surface area contributed by atoms with E-state index in [9.17, 15) is 0 Å². The van der Waals surface area contributed by atoms with E-state index in [0.29, 0.717) is 0 Å². The van der Waals surface area contributed by atoms with E-state index >= 15 is 0 Å². The lowest BCUT2D eigenvalue weighted by molar-refractivity contribution is 0.420. The van der Waals surface area contributed by atoms with Crippen molar-refractivity contribution in [2.75, 3.05) is 12.4 Å². The van der Waals surface area contributed by atoms with Gasteiger partial charge in [0.15, 0.2) is 5.96 Å². The van der Waals surface area contributed by atoms with Crippen LogP contribution in [0.5, 0.6) is 5.75 Å². The summed E-state index contributed by atoms with van der Waals surface area (Å²) in [6.07, 6.45) is 2.10. The Kier molecular flexibility index (Phi) is 3.76. The Morgan fingerprint density at radius 1 is 0.821 bits per heavy atom. The van der Waals surface area contributed by atoms with Gasteiger partial charge in [0.2, 0.25) is 0 Å². The van der Waals surface area contributed by atoms with Gasteiger partial charge < -0.3 is 15.4 Å². The average Bonchev–Trinajstić information content (AvgIpc) is 3.08. The van der Waals surface area contributed by atoms with Gasteiger partial charge in [-0.2, -0.15) is 0 Å². The lowest BCUT2D eigenvalue weighted by atomic mass is 10.0. The van der Waals surface area contributed by atoms with Gasteiger partial charge >= 0.3 is 0 Å².